The quantitative estimate of drug-likeness (QED) is 0.524. The largest absolute Gasteiger partial charge is 0.492 e. The molecular weight excluding hydrogens is 434 g/mol. The van der Waals surface area contributed by atoms with Crippen molar-refractivity contribution in [2.45, 2.75) is 4.90 Å². The molecule has 0 unspecified atom stereocenters. The standard InChI is InChI=1S/C23H21NO7S/c1-24(32(26,27)17-7-5-4-6-8-17)16-11-9-15(10-12-16)20-18(23(25)29-3)13-19-21(22(20)28-2)31-14-30-19/h4-13H,14H2,1-3H3. The molecular formula is C23H21NO7S. The first-order valence-corrected chi connectivity index (χ1v) is 11.1. The summed E-state index contributed by atoms with van der Waals surface area (Å²) >= 11 is 0. The fraction of sp³-hybridized carbons (Fsp3) is 0.174. The van der Waals surface area contributed by atoms with Crippen molar-refractivity contribution in [3.8, 4) is 28.4 Å². The number of sulfonamides is 1. The van der Waals surface area contributed by atoms with Crippen LogP contribution in [0.1, 0.15) is 10.4 Å². The fourth-order valence-corrected chi connectivity index (χ4v) is 4.71. The Balaban J connectivity index is 1.78. The number of hydrogen-bond donors (Lipinski definition) is 0. The molecule has 0 fully saturated rings. The fourth-order valence-electron chi connectivity index (χ4n) is 3.49. The molecule has 3 aromatic rings. The first kappa shape index (κ1) is 21.5. The molecule has 1 aliphatic rings. The van der Waals surface area contributed by atoms with Crippen molar-refractivity contribution in [3.05, 3.63) is 66.2 Å². The zero-order chi connectivity index (χ0) is 22.9. The van der Waals surface area contributed by atoms with Crippen molar-refractivity contribution in [3.63, 3.8) is 0 Å². The lowest BCUT2D eigenvalue weighted by atomic mass is 9.97. The highest BCUT2D eigenvalue weighted by Crippen LogP contribution is 2.49. The van der Waals surface area contributed by atoms with Crippen molar-refractivity contribution < 1.29 is 32.2 Å². The lowest BCUT2D eigenvalue weighted by molar-refractivity contribution is 0.0601. The summed E-state index contributed by atoms with van der Waals surface area (Å²) in [6.45, 7) is 0.0108. The highest BCUT2D eigenvalue weighted by atomic mass is 32.2. The molecule has 0 aliphatic carbocycles. The van der Waals surface area contributed by atoms with E-state index in [9.17, 15) is 13.2 Å². The van der Waals surface area contributed by atoms with Crippen molar-refractivity contribution >= 4 is 21.7 Å². The van der Waals surface area contributed by atoms with E-state index in [2.05, 4.69) is 0 Å². The average Bonchev–Trinajstić information content (AvgIpc) is 3.31. The Bertz CT molecular complexity index is 1260. The zero-order valence-electron chi connectivity index (χ0n) is 17.7. The predicted molar refractivity (Wildman–Crippen MR) is 118 cm³/mol. The minimum atomic E-state index is -3.72. The molecule has 1 heterocycles. The van der Waals surface area contributed by atoms with E-state index in [1.165, 1.54) is 25.6 Å². The van der Waals surface area contributed by atoms with Crippen LogP contribution in [-0.4, -0.2) is 42.4 Å². The van der Waals surface area contributed by atoms with Gasteiger partial charge in [0.05, 0.1) is 30.4 Å². The van der Waals surface area contributed by atoms with Crippen molar-refractivity contribution in [2.24, 2.45) is 0 Å². The summed E-state index contributed by atoms with van der Waals surface area (Å²) in [5.74, 6) is 0.544. The molecule has 0 saturated heterocycles. The molecule has 0 saturated carbocycles. The van der Waals surface area contributed by atoms with Gasteiger partial charge in [-0.2, -0.15) is 0 Å². The third-order valence-electron chi connectivity index (χ3n) is 5.15. The molecule has 4 rings (SSSR count). The van der Waals surface area contributed by atoms with E-state index < -0.39 is 16.0 Å². The lowest BCUT2D eigenvalue weighted by Crippen LogP contribution is -2.26. The van der Waals surface area contributed by atoms with Crippen LogP contribution in [0.15, 0.2) is 65.6 Å². The normalized spacial score (nSPS) is 12.3. The molecule has 8 nitrogen and oxygen atoms in total. The average molecular weight is 455 g/mol. The number of carbonyl (C=O) groups excluding carboxylic acids is 1. The van der Waals surface area contributed by atoms with Crippen LogP contribution in [0.3, 0.4) is 0 Å². The Morgan fingerprint density at radius 3 is 2.31 bits per heavy atom. The van der Waals surface area contributed by atoms with E-state index >= 15 is 0 Å². The molecule has 3 aromatic carbocycles. The molecule has 0 amide bonds. The van der Waals surface area contributed by atoms with Gasteiger partial charge in [0.1, 0.15) is 0 Å². The van der Waals surface area contributed by atoms with Gasteiger partial charge in [0.2, 0.25) is 12.5 Å². The van der Waals surface area contributed by atoms with Gasteiger partial charge >= 0.3 is 5.97 Å². The minimum Gasteiger partial charge on any atom is -0.492 e. The Morgan fingerprint density at radius 1 is 1.00 bits per heavy atom. The molecule has 0 bridgehead atoms. The van der Waals surface area contributed by atoms with Crippen LogP contribution < -0.4 is 18.5 Å². The first-order valence-electron chi connectivity index (χ1n) is 9.61. The number of hydrogen-bond acceptors (Lipinski definition) is 7. The van der Waals surface area contributed by atoms with Gasteiger partial charge in [-0.1, -0.05) is 30.3 Å². The van der Waals surface area contributed by atoms with Crippen LogP contribution in [0.4, 0.5) is 5.69 Å². The Kier molecular flexibility index (Phi) is 5.67. The molecule has 0 aromatic heterocycles. The molecule has 0 radical (unpaired) electrons. The maximum absolute atomic E-state index is 12.9. The van der Waals surface area contributed by atoms with Gasteiger partial charge in [0.25, 0.3) is 10.0 Å². The van der Waals surface area contributed by atoms with Gasteiger partial charge in [-0.15, -0.1) is 0 Å². The SMILES string of the molecule is COC(=O)c1cc2c(c(OC)c1-c1ccc(N(C)S(=O)(=O)c3ccccc3)cc1)OCO2. The van der Waals surface area contributed by atoms with E-state index in [1.54, 1.807) is 60.7 Å². The highest BCUT2D eigenvalue weighted by Gasteiger charge is 2.29. The van der Waals surface area contributed by atoms with Crippen LogP contribution in [0.25, 0.3) is 11.1 Å². The second-order valence-electron chi connectivity index (χ2n) is 6.89. The second kappa shape index (κ2) is 8.43. The Morgan fingerprint density at radius 2 is 1.69 bits per heavy atom. The number of carbonyl (C=O) groups is 1. The summed E-state index contributed by atoms with van der Waals surface area (Å²) in [5.41, 5.74) is 1.78. The summed E-state index contributed by atoms with van der Waals surface area (Å²) in [6, 6.07) is 16.5. The van der Waals surface area contributed by atoms with Crippen LogP contribution in [0, 0.1) is 0 Å². The van der Waals surface area contributed by atoms with Crippen molar-refractivity contribution in [1.82, 2.24) is 0 Å². The Labute approximate surface area is 186 Å². The van der Waals surface area contributed by atoms with Crippen LogP contribution in [0.5, 0.6) is 17.2 Å². The summed E-state index contributed by atoms with van der Waals surface area (Å²) in [7, 11) is 0.523. The molecule has 0 N–H and O–H groups in total. The van der Waals surface area contributed by atoms with Crippen LogP contribution in [-0.2, 0) is 14.8 Å². The number of esters is 1. The van der Waals surface area contributed by atoms with Gasteiger partial charge in [-0.25, -0.2) is 13.2 Å². The third-order valence-corrected chi connectivity index (χ3v) is 6.95. The van der Waals surface area contributed by atoms with Crippen molar-refractivity contribution in [2.75, 3.05) is 32.4 Å². The second-order valence-corrected chi connectivity index (χ2v) is 8.86. The first-order chi connectivity index (χ1) is 15.4. The van der Waals surface area contributed by atoms with Gasteiger partial charge in [-0.3, -0.25) is 4.31 Å². The smallest absolute Gasteiger partial charge is 0.338 e. The van der Waals surface area contributed by atoms with Gasteiger partial charge in [0, 0.05) is 12.6 Å². The highest BCUT2D eigenvalue weighted by molar-refractivity contribution is 7.92. The molecule has 32 heavy (non-hydrogen) atoms. The Hall–Kier alpha value is -3.72. The number of methoxy groups -OCH3 is 2. The van der Waals surface area contributed by atoms with E-state index in [0.717, 1.165) is 0 Å². The number of ether oxygens (including phenoxy) is 4. The maximum atomic E-state index is 12.9. The van der Waals surface area contributed by atoms with Crippen LogP contribution in [0.2, 0.25) is 0 Å². The summed E-state index contributed by atoms with van der Waals surface area (Å²) in [4.78, 5) is 12.7. The van der Waals surface area contributed by atoms with E-state index in [-0.39, 0.29) is 17.3 Å². The van der Waals surface area contributed by atoms with E-state index in [0.29, 0.717) is 34.1 Å². The minimum absolute atomic E-state index is 0.0108. The summed E-state index contributed by atoms with van der Waals surface area (Å²) in [5, 5.41) is 0. The lowest BCUT2D eigenvalue weighted by Gasteiger charge is -2.20. The van der Waals surface area contributed by atoms with Gasteiger partial charge < -0.3 is 18.9 Å². The molecule has 9 heteroatoms. The summed E-state index contributed by atoms with van der Waals surface area (Å²) < 4.78 is 48.4. The van der Waals surface area contributed by atoms with E-state index in [1.807, 2.05) is 0 Å². The topological polar surface area (TPSA) is 91.4 Å². The number of nitrogens with zero attached hydrogens (tertiary/aromatic N) is 1. The number of rotatable bonds is 6. The molecule has 0 spiro atoms. The van der Waals surface area contributed by atoms with Crippen molar-refractivity contribution in [1.29, 1.82) is 0 Å². The third kappa shape index (κ3) is 3.60. The predicted octanol–water partition coefficient (Wildman–Crippen LogP) is 3.70. The molecule has 166 valence electrons. The molecule has 1 aliphatic heterocycles. The maximum Gasteiger partial charge on any atom is 0.338 e. The van der Waals surface area contributed by atoms with E-state index in [4.69, 9.17) is 18.9 Å². The van der Waals surface area contributed by atoms with Gasteiger partial charge in [0.15, 0.2) is 11.5 Å². The molecule has 0 atom stereocenters. The monoisotopic (exact) mass is 455 g/mol. The summed E-state index contributed by atoms with van der Waals surface area (Å²) in [6.07, 6.45) is 0. The number of fused-ring (bicyclic) bond motifs is 1. The number of anilines is 1. The zero-order valence-corrected chi connectivity index (χ0v) is 18.5. The van der Waals surface area contributed by atoms with Gasteiger partial charge in [-0.05, 0) is 35.9 Å². The van der Waals surface area contributed by atoms with Crippen LogP contribution >= 0.6 is 0 Å². The number of benzene rings is 3.